The maximum atomic E-state index is 11.0. The first-order valence-electron chi connectivity index (χ1n) is 3.54. The van der Waals surface area contributed by atoms with E-state index in [0.29, 0.717) is 4.48 Å². The SMILES string of the molecule is CC(=O)C(C)(C)N=C/C(Br)=C\N. The van der Waals surface area contributed by atoms with E-state index in [-0.39, 0.29) is 5.78 Å². The van der Waals surface area contributed by atoms with E-state index in [4.69, 9.17) is 5.73 Å². The Kier molecular flexibility index (Phi) is 4.17. The quantitative estimate of drug-likeness (QED) is 0.753. The highest BCUT2D eigenvalue weighted by Gasteiger charge is 2.20. The summed E-state index contributed by atoms with van der Waals surface area (Å²) in [5.41, 5.74) is 4.53. The number of ketones is 1. The molecule has 0 atom stereocenters. The molecular formula is C8H13BrN2O. The lowest BCUT2D eigenvalue weighted by atomic mass is 10.0. The summed E-state index contributed by atoms with van der Waals surface area (Å²) in [5.74, 6) is 0.0241. The first-order chi connectivity index (χ1) is 5.40. The van der Waals surface area contributed by atoms with Crippen molar-refractivity contribution < 1.29 is 4.79 Å². The van der Waals surface area contributed by atoms with Crippen LogP contribution < -0.4 is 5.73 Å². The van der Waals surface area contributed by atoms with Crippen molar-refractivity contribution in [3.05, 3.63) is 10.7 Å². The zero-order chi connectivity index (χ0) is 9.78. The van der Waals surface area contributed by atoms with Crippen LogP contribution in [0.1, 0.15) is 20.8 Å². The largest absolute Gasteiger partial charge is 0.404 e. The predicted molar refractivity (Wildman–Crippen MR) is 54.4 cm³/mol. The molecule has 0 aromatic heterocycles. The highest BCUT2D eigenvalue weighted by atomic mass is 79.9. The lowest BCUT2D eigenvalue weighted by Gasteiger charge is -2.14. The van der Waals surface area contributed by atoms with Crippen LogP contribution in [0.3, 0.4) is 0 Å². The molecule has 12 heavy (non-hydrogen) atoms. The van der Waals surface area contributed by atoms with Crippen LogP contribution in [0.4, 0.5) is 0 Å². The average molecular weight is 233 g/mol. The van der Waals surface area contributed by atoms with Crippen LogP contribution in [0.5, 0.6) is 0 Å². The fourth-order valence-corrected chi connectivity index (χ4v) is 0.459. The van der Waals surface area contributed by atoms with Crippen LogP contribution in [0.25, 0.3) is 0 Å². The van der Waals surface area contributed by atoms with E-state index in [1.807, 2.05) is 0 Å². The van der Waals surface area contributed by atoms with Gasteiger partial charge in [-0.15, -0.1) is 0 Å². The summed E-state index contributed by atoms with van der Waals surface area (Å²) in [7, 11) is 0. The summed E-state index contributed by atoms with van der Waals surface area (Å²) in [5, 5.41) is 0. The van der Waals surface area contributed by atoms with Crippen LogP contribution in [-0.2, 0) is 4.79 Å². The van der Waals surface area contributed by atoms with Gasteiger partial charge in [0.2, 0.25) is 0 Å². The Morgan fingerprint density at radius 1 is 1.58 bits per heavy atom. The number of rotatable bonds is 3. The van der Waals surface area contributed by atoms with Crippen molar-refractivity contribution in [2.75, 3.05) is 0 Å². The van der Waals surface area contributed by atoms with Crippen LogP contribution >= 0.6 is 15.9 Å². The molecule has 0 heterocycles. The topological polar surface area (TPSA) is 55.5 Å². The van der Waals surface area contributed by atoms with E-state index >= 15 is 0 Å². The number of allylic oxidation sites excluding steroid dienone is 1. The molecule has 0 radical (unpaired) electrons. The minimum absolute atomic E-state index is 0.0241. The van der Waals surface area contributed by atoms with Crippen molar-refractivity contribution >= 4 is 27.9 Å². The Balaban J connectivity index is 4.44. The predicted octanol–water partition coefficient (Wildman–Crippen LogP) is 1.62. The Hall–Kier alpha value is -0.640. The van der Waals surface area contributed by atoms with E-state index in [0.717, 1.165) is 0 Å². The van der Waals surface area contributed by atoms with Crippen molar-refractivity contribution in [3.63, 3.8) is 0 Å². The smallest absolute Gasteiger partial charge is 0.156 e. The van der Waals surface area contributed by atoms with Crippen molar-refractivity contribution in [1.29, 1.82) is 0 Å². The third kappa shape index (κ3) is 3.67. The third-order valence-electron chi connectivity index (χ3n) is 1.53. The molecule has 0 bridgehead atoms. The third-order valence-corrected chi connectivity index (χ3v) is 2.00. The van der Waals surface area contributed by atoms with E-state index in [9.17, 15) is 4.79 Å². The highest BCUT2D eigenvalue weighted by Crippen LogP contribution is 2.10. The Labute approximate surface area is 80.9 Å². The van der Waals surface area contributed by atoms with E-state index < -0.39 is 5.54 Å². The number of hydrogen-bond donors (Lipinski definition) is 1. The Morgan fingerprint density at radius 3 is 2.42 bits per heavy atom. The fraction of sp³-hybridized carbons (Fsp3) is 0.500. The summed E-state index contributed by atoms with van der Waals surface area (Å²) in [6.45, 7) is 5.02. The van der Waals surface area contributed by atoms with Gasteiger partial charge in [0.25, 0.3) is 0 Å². The number of nitrogens with two attached hydrogens (primary N) is 1. The molecule has 0 aromatic rings. The second-order valence-electron chi connectivity index (χ2n) is 2.92. The standard InChI is InChI=1S/C8H13BrN2O/c1-6(12)8(2,3)11-5-7(9)4-10/h4-5H,10H2,1-3H3/b7-4+,11-5?. The summed E-state index contributed by atoms with van der Waals surface area (Å²) in [6, 6.07) is 0. The van der Waals surface area contributed by atoms with Crippen molar-refractivity contribution in [2.24, 2.45) is 10.7 Å². The molecular weight excluding hydrogens is 220 g/mol. The van der Waals surface area contributed by atoms with Crippen LogP contribution in [0.15, 0.2) is 15.7 Å². The molecule has 2 N–H and O–H groups in total. The van der Waals surface area contributed by atoms with Crippen LogP contribution in [0.2, 0.25) is 0 Å². The molecule has 4 heteroatoms. The number of halogens is 1. The lowest BCUT2D eigenvalue weighted by molar-refractivity contribution is -0.120. The van der Waals surface area contributed by atoms with Crippen LogP contribution in [-0.4, -0.2) is 17.5 Å². The molecule has 0 rings (SSSR count). The van der Waals surface area contributed by atoms with Gasteiger partial charge in [0, 0.05) is 12.4 Å². The van der Waals surface area contributed by atoms with Gasteiger partial charge in [0.15, 0.2) is 5.78 Å². The van der Waals surface area contributed by atoms with Gasteiger partial charge in [-0.1, -0.05) is 0 Å². The molecule has 0 saturated carbocycles. The molecule has 0 aliphatic carbocycles. The molecule has 0 aliphatic rings. The molecule has 0 spiro atoms. The number of carbonyl (C=O) groups is 1. The number of aliphatic imine (C=N–C) groups is 1. The van der Waals surface area contributed by atoms with Gasteiger partial charge in [-0.05, 0) is 36.7 Å². The van der Waals surface area contributed by atoms with Gasteiger partial charge in [-0.2, -0.15) is 0 Å². The van der Waals surface area contributed by atoms with Gasteiger partial charge < -0.3 is 5.73 Å². The molecule has 0 amide bonds. The summed E-state index contributed by atoms with van der Waals surface area (Å²) >= 11 is 3.15. The highest BCUT2D eigenvalue weighted by molar-refractivity contribution is 9.12. The van der Waals surface area contributed by atoms with Gasteiger partial charge in [-0.25, -0.2) is 0 Å². The normalized spacial score (nSPS) is 13.8. The molecule has 3 nitrogen and oxygen atoms in total. The average Bonchev–Trinajstić information content (AvgIpc) is 2.00. The van der Waals surface area contributed by atoms with Crippen LogP contribution in [0, 0.1) is 0 Å². The molecule has 0 aromatic carbocycles. The van der Waals surface area contributed by atoms with Crippen molar-refractivity contribution in [1.82, 2.24) is 0 Å². The molecule has 0 saturated heterocycles. The minimum Gasteiger partial charge on any atom is -0.404 e. The van der Waals surface area contributed by atoms with E-state index in [1.54, 1.807) is 13.8 Å². The molecule has 0 unspecified atom stereocenters. The fourth-order valence-electron chi connectivity index (χ4n) is 0.357. The molecule has 0 aliphatic heterocycles. The zero-order valence-corrected chi connectivity index (χ0v) is 9.05. The van der Waals surface area contributed by atoms with Gasteiger partial charge in [0.05, 0.1) is 4.48 Å². The zero-order valence-electron chi connectivity index (χ0n) is 7.47. The first kappa shape index (κ1) is 11.4. The number of carbonyl (C=O) groups excluding carboxylic acids is 1. The minimum atomic E-state index is -0.665. The summed E-state index contributed by atoms with van der Waals surface area (Å²) in [4.78, 5) is 15.0. The summed E-state index contributed by atoms with van der Waals surface area (Å²) in [6.07, 6.45) is 2.90. The second kappa shape index (κ2) is 4.40. The Morgan fingerprint density at radius 2 is 2.08 bits per heavy atom. The maximum Gasteiger partial charge on any atom is 0.156 e. The van der Waals surface area contributed by atoms with Crippen molar-refractivity contribution in [2.45, 2.75) is 26.3 Å². The van der Waals surface area contributed by atoms with Gasteiger partial charge in [0.1, 0.15) is 5.54 Å². The van der Waals surface area contributed by atoms with Crippen molar-refractivity contribution in [3.8, 4) is 0 Å². The second-order valence-corrected chi connectivity index (χ2v) is 3.84. The maximum absolute atomic E-state index is 11.0. The monoisotopic (exact) mass is 232 g/mol. The van der Waals surface area contributed by atoms with Gasteiger partial charge >= 0.3 is 0 Å². The lowest BCUT2D eigenvalue weighted by Crippen LogP contribution is -2.26. The molecule has 0 fully saturated rings. The first-order valence-corrected chi connectivity index (χ1v) is 4.33. The van der Waals surface area contributed by atoms with E-state index in [1.165, 1.54) is 19.3 Å². The Bertz CT molecular complexity index is 231. The van der Waals surface area contributed by atoms with Gasteiger partial charge in [-0.3, -0.25) is 9.79 Å². The number of hydrogen-bond acceptors (Lipinski definition) is 3. The van der Waals surface area contributed by atoms with E-state index in [2.05, 4.69) is 20.9 Å². The molecule has 68 valence electrons. The number of nitrogens with zero attached hydrogens (tertiary/aromatic N) is 1. The summed E-state index contributed by atoms with van der Waals surface area (Å²) < 4.78 is 0.664. The number of Topliss-reactive ketones (excluding diaryl/α,β-unsaturated/α-hetero) is 1.